The zero-order valence-corrected chi connectivity index (χ0v) is 5.07. The molecule has 2 heterocycles. The van der Waals surface area contributed by atoms with E-state index in [1.54, 1.807) is 12.3 Å². The van der Waals surface area contributed by atoms with Crippen LogP contribution in [0.25, 0.3) is 0 Å². The maximum absolute atomic E-state index is 10.6. The van der Waals surface area contributed by atoms with Gasteiger partial charge in [-0.3, -0.25) is 4.79 Å². The molecule has 0 saturated heterocycles. The minimum Gasteiger partial charge on any atom is -0.405 e. The Morgan fingerprint density at radius 3 is 3.30 bits per heavy atom. The van der Waals surface area contributed by atoms with Crippen LogP contribution in [0.15, 0.2) is 12.3 Å². The molecule has 1 aromatic heterocycles. The maximum Gasteiger partial charge on any atom is 0.317 e. The SMILES string of the molecule is O=C1Cc2ccnnc2O1. The van der Waals surface area contributed by atoms with Crippen LogP contribution in [0, 0.1) is 0 Å². The average Bonchev–Trinajstić information content (AvgIpc) is 2.27. The summed E-state index contributed by atoms with van der Waals surface area (Å²) in [7, 11) is 0. The maximum atomic E-state index is 10.6. The van der Waals surface area contributed by atoms with E-state index >= 15 is 0 Å². The number of esters is 1. The number of carbonyl (C=O) groups is 1. The number of rotatable bonds is 0. The summed E-state index contributed by atoms with van der Waals surface area (Å²) >= 11 is 0. The number of hydrogen-bond donors (Lipinski definition) is 0. The Kier molecular flexibility index (Phi) is 0.943. The molecule has 0 aliphatic carbocycles. The van der Waals surface area contributed by atoms with E-state index in [2.05, 4.69) is 10.2 Å². The third kappa shape index (κ3) is 0.655. The summed E-state index contributed by atoms with van der Waals surface area (Å²) in [5, 5.41) is 7.18. The molecule has 50 valence electrons. The van der Waals surface area contributed by atoms with Crippen molar-refractivity contribution in [2.45, 2.75) is 6.42 Å². The van der Waals surface area contributed by atoms with Gasteiger partial charge in [0.2, 0.25) is 5.88 Å². The van der Waals surface area contributed by atoms with E-state index in [4.69, 9.17) is 4.74 Å². The summed E-state index contributed by atoms with van der Waals surface area (Å²) in [5.74, 6) is 0.100. The van der Waals surface area contributed by atoms with Crippen molar-refractivity contribution in [3.8, 4) is 5.88 Å². The van der Waals surface area contributed by atoms with Gasteiger partial charge in [-0.25, -0.2) is 0 Å². The summed E-state index contributed by atoms with van der Waals surface area (Å²) in [4.78, 5) is 10.6. The lowest BCUT2D eigenvalue weighted by molar-refractivity contribution is -0.132. The van der Waals surface area contributed by atoms with Gasteiger partial charge in [0.15, 0.2) is 0 Å². The van der Waals surface area contributed by atoms with Crippen molar-refractivity contribution in [3.63, 3.8) is 0 Å². The van der Waals surface area contributed by atoms with E-state index in [1.807, 2.05) is 0 Å². The molecule has 4 nitrogen and oxygen atoms in total. The van der Waals surface area contributed by atoms with Crippen molar-refractivity contribution in [1.29, 1.82) is 0 Å². The molecule has 0 radical (unpaired) electrons. The lowest BCUT2D eigenvalue weighted by atomic mass is 10.2. The van der Waals surface area contributed by atoms with Gasteiger partial charge in [0.1, 0.15) is 0 Å². The number of ether oxygens (including phenoxy) is 1. The van der Waals surface area contributed by atoms with E-state index < -0.39 is 0 Å². The summed E-state index contributed by atoms with van der Waals surface area (Å²) in [6.07, 6.45) is 1.87. The molecule has 0 N–H and O–H groups in total. The Labute approximate surface area is 56.8 Å². The van der Waals surface area contributed by atoms with Crippen LogP contribution >= 0.6 is 0 Å². The van der Waals surface area contributed by atoms with E-state index in [-0.39, 0.29) is 5.97 Å². The number of aromatic nitrogens is 2. The standard InChI is InChI=1S/C6H4N2O2/c9-5-3-4-1-2-7-8-6(4)10-5/h1-2H,3H2. The normalized spacial score (nSPS) is 14.6. The molecule has 0 unspecified atom stereocenters. The molecule has 4 heteroatoms. The second-order valence-electron chi connectivity index (χ2n) is 2.01. The second kappa shape index (κ2) is 1.76. The average molecular weight is 136 g/mol. The molecule has 10 heavy (non-hydrogen) atoms. The molecule has 2 rings (SSSR count). The predicted octanol–water partition coefficient (Wildman–Crippen LogP) is -0.0619. The van der Waals surface area contributed by atoms with Crippen molar-refractivity contribution in [2.75, 3.05) is 0 Å². The predicted molar refractivity (Wildman–Crippen MR) is 31.4 cm³/mol. The van der Waals surface area contributed by atoms with Crippen LogP contribution in [0.2, 0.25) is 0 Å². The van der Waals surface area contributed by atoms with Crippen molar-refractivity contribution in [2.24, 2.45) is 0 Å². The lowest BCUT2D eigenvalue weighted by Crippen LogP contribution is -2.00. The van der Waals surface area contributed by atoms with Crippen LogP contribution in [0.5, 0.6) is 5.88 Å². The minimum absolute atomic E-state index is 0.254. The Bertz CT molecular complexity index is 258. The third-order valence-electron chi connectivity index (χ3n) is 1.31. The van der Waals surface area contributed by atoms with Gasteiger partial charge in [0, 0.05) is 5.56 Å². The molecule has 1 aliphatic rings. The molecule has 1 aromatic rings. The number of hydrogen-bond acceptors (Lipinski definition) is 4. The fourth-order valence-corrected chi connectivity index (χ4v) is 0.864. The van der Waals surface area contributed by atoms with Crippen LogP contribution < -0.4 is 4.74 Å². The fraction of sp³-hybridized carbons (Fsp3) is 0.167. The van der Waals surface area contributed by atoms with Crippen LogP contribution in [-0.2, 0) is 11.2 Å². The van der Waals surface area contributed by atoms with E-state index in [0.717, 1.165) is 5.56 Å². The Hall–Kier alpha value is -1.45. The van der Waals surface area contributed by atoms with E-state index in [1.165, 1.54) is 0 Å². The molecule has 0 saturated carbocycles. The Balaban J connectivity index is 2.51. The smallest absolute Gasteiger partial charge is 0.317 e. The Morgan fingerprint density at radius 2 is 2.50 bits per heavy atom. The number of nitrogens with zero attached hydrogens (tertiary/aromatic N) is 2. The number of carbonyl (C=O) groups excluding carboxylic acids is 1. The lowest BCUT2D eigenvalue weighted by Gasteiger charge is -1.89. The summed E-state index contributed by atoms with van der Waals surface area (Å²) < 4.78 is 4.69. The zero-order chi connectivity index (χ0) is 6.97. The van der Waals surface area contributed by atoms with Crippen LogP contribution in [0.4, 0.5) is 0 Å². The summed E-state index contributed by atoms with van der Waals surface area (Å²) in [5.41, 5.74) is 0.819. The van der Waals surface area contributed by atoms with E-state index in [9.17, 15) is 4.79 Å². The van der Waals surface area contributed by atoms with Crippen molar-refractivity contribution >= 4 is 5.97 Å². The minimum atomic E-state index is -0.254. The van der Waals surface area contributed by atoms with Crippen molar-refractivity contribution in [1.82, 2.24) is 10.2 Å². The molecule has 0 fully saturated rings. The first-order chi connectivity index (χ1) is 4.86. The summed E-state index contributed by atoms with van der Waals surface area (Å²) in [6, 6.07) is 1.73. The molecule has 0 atom stereocenters. The van der Waals surface area contributed by atoms with Gasteiger partial charge in [0.05, 0.1) is 12.6 Å². The van der Waals surface area contributed by atoms with Crippen molar-refractivity contribution in [3.05, 3.63) is 17.8 Å². The van der Waals surface area contributed by atoms with Gasteiger partial charge in [-0.1, -0.05) is 0 Å². The van der Waals surface area contributed by atoms with Crippen molar-refractivity contribution < 1.29 is 9.53 Å². The number of fused-ring (bicyclic) bond motifs is 1. The molecular formula is C6H4N2O2. The first-order valence-corrected chi connectivity index (χ1v) is 2.87. The van der Waals surface area contributed by atoms with Crippen LogP contribution in [0.1, 0.15) is 5.56 Å². The van der Waals surface area contributed by atoms with Gasteiger partial charge < -0.3 is 4.74 Å². The highest BCUT2D eigenvalue weighted by molar-refractivity contribution is 5.79. The second-order valence-corrected chi connectivity index (χ2v) is 2.01. The third-order valence-corrected chi connectivity index (χ3v) is 1.31. The van der Waals surface area contributed by atoms with Crippen LogP contribution in [0.3, 0.4) is 0 Å². The van der Waals surface area contributed by atoms with E-state index in [0.29, 0.717) is 12.3 Å². The summed E-state index contributed by atoms with van der Waals surface area (Å²) in [6.45, 7) is 0. The molecule has 0 bridgehead atoms. The van der Waals surface area contributed by atoms with Gasteiger partial charge in [0.25, 0.3) is 0 Å². The fourth-order valence-electron chi connectivity index (χ4n) is 0.864. The van der Waals surface area contributed by atoms with Gasteiger partial charge in [-0.05, 0) is 6.07 Å². The first-order valence-electron chi connectivity index (χ1n) is 2.87. The Morgan fingerprint density at radius 1 is 1.60 bits per heavy atom. The molecule has 0 amide bonds. The molecule has 0 aromatic carbocycles. The van der Waals surface area contributed by atoms with Gasteiger partial charge in [-0.2, -0.15) is 5.10 Å². The van der Waals surface area contributed by atoms with Gasteiger partial charge >= 0.3 is 5.97 Å². The molecule has 1 aliphatic heterocycles. The first kappa shape index (κ1) is 5.34. The highest BCUT2D eigenvalue weighted by Gasteiger charge is 2.20. The highest BCUT2D eigenvalue weighted by atomic mass is 16.5. The molecular weight excluding hydrogens is 132 g/mol. The highest BCUT2D eigenvalue weighted by Crippen LogP contribution is 2.20. The monoisotopic (exact) mass is 136 g/mol. The zero-order valence-electron chi connectivity index (χ0n) is 5.07. The quantitative estimate of drug-likeness (QED) is 0.469. The van der Waals surface area contributed by atoms with Crippen LogP contribution in [-0.4, -0.2) is 16.2 Å². The van der Waals surface area contributed by atoms with Gasteiger partial charge in [-0.15, -0.1) is 5.10 Å². The molecule has 0 spiro atoms. The topological polar surface area (TPSA) is 52.1 Å². The largest absolute Gasteiger partial charge is 0.405 e.